The first-order valence-corrected chi connectivity index (χ1v) is 9.01. The zero-order valence-electron chi connectivity index (χ0n) is 14.3. The molecule has 136 valence electrons. The van der Waals surface area contributed by atoms with Crippen LogP contribution in [-0.4, -0.2) is 63.3 Å². The Morgan fingerprint density at radius 2 is 2.15 bits per heavy atom. The van der Waals surface area contributed by atoms with E-state index in [0.29, 0.717) is 49.7 Å². The molecular formula is C18H20N4O4. The molecule has 2 aliphatic heterocycles. The van der Waals surface area contributed by atoms with Crippen molar-refractivity contribution in [1.29, 1.82) is 0 Å². The third-order valence-corrected chi connectivity index (χ3v) is 6.06. The van der Waals surface area contributed by atoms with E-state index in [9.17, 15) is 14.7 Å². The van der Waals surface area contributed by atoms with Crippen LogP contribution in [0.15, 0.2) is 22.8 Å². The molecule has 3 aliphatic rings. The maximum Gasteiger partial charge on any atom is 0.313 e. The van der Waals surface area contributed by atoms with Gasteiger partial charge in [0.1, 0.15) is 16.4 Å². The van der Waals surface area contributed by atoms with Gasteiger partial charge in [-0.1, -0.05) is 12.1 Å². The molecule has 0 bridgehead atoms. The molecule has 2 aromatic rings. The van der Waals surface area contributed by atoms with Crippen molar-refractivity contribution in [3.63, 3.8) is 0 Å². The summed E-state index contributed by atoms with van der Waals surface area (Å²) in [6.45, 7) is 2.42. The average molecular weight is 356 g/mol. The highest BCUT2D eigenvalue weighted by atomic mass is 16.6. The van der Waals surface area contributed by atoms with Crippen LogP contribution in [-0.2, 0) is 16.1 Å². The van der Waals surface area contributed by atoms with Gasteiger partial charge in [0.15, 0.2) is 0 Å². The van der Waals surface area contributed by atoms with Gasteiger partial charge in [-0.2, -0.15) is 0 Å². The highest BCUT2D eigenvalue weighted by molar-refractivity contribution is 5.92. The number of carbonyl (C=O) groups excluding carboxylic acids is 1. The van der Waals surface area contributed by atoms with Crippen molar-refractivity contribution in [1.82, 2.24) is 20.1 Å². The normalized spacial score (nSPS) is 28.8. The standard InChI is InChI=1S/C18H20N4O4/c23-16-13-8-21(7-12-2-1-3-14-15(12)20-26-19-14)9-18(13,17(24)25)10-22(16)6-11-4-5-11/h1-3,11,13H,4-10H2,(H,24,25)/t13-,18-/m0/s1. The molecule has 0 spiro atoms. The summed E-state index contributed by atoms with van der Waals surface area (Å²) < 4.78 is 4.80. The number of carboxylic acid groups (broad SMARTS) is 1. The topological polar surface area (TPSA) is 99.8 Å². The Bertz CT molecular complexity index is 892. The van der Waals surface area contributed by atoms with E-state index in [1.807, 2.05) is 18.2 Å². The van der Waals surface area contributed by atoms with Gasteiger partial charge in [0.25, 0.3) is 0 Å². The highest BCUT2D eigenvalue weighted by Gasteiger charge is 2.62. The molecule has 1 aromatic carbocycles. The van der Waals surface area contributed by atoms with Crippen molar-refractivity contribution >= 4 is 22.9 Å². The molecule has 1 N–H and O–H groups in total. The molecule has 8 heteroatoms. The molecule has 2 atom stereocenters. The van der Waals surface area contributed by atoms with Gasteiger partial charge in [0, 0.05) is 32.7 Å². The molecular weight excluding hydrogens is 336 g/mol. The Hall–Kier alpha value is -2.48. The summed E-state index contributed by atoms with van der Waals surface area (Å²) in [7, 11) is 0. The minimum Gasteiger partial charge on any atom is -0.481 e. The van der Waals surface area contributed by atoms with Crippen molar-refractivity contribution in [3.8, 4) is 0 Å². The zero-order valence-corrected chi connectivity index (χ0v) is 14.3. The van der Waals surface area contributed by atoms with E-state index in [2.05, 4.69) is 15.2 Å². The summed E-state index contributed by atoms with van der Waals surface area (Å²) in [6.07, 6.45) is 2.30. The second-order valence-electron chi connectivity index (χ2n) is 7.89. The van der Waals surface area contributed by atoms with E-state index in [-0.39, 0.29) is 5.91 Å². The molecule has 0 radical (unpaired) electrons. The van der Waals surface area contributed by atoms with Gasteiger partial charge in [0.05, 0.1) is 5.92 Å². The van der Waals surface area contributed by atoms with Crippen LogP contribution in [0.2, 0.25) is 0 Å². The predicted octanol–water partition coefficient (Wildman–Crippen LogP) is 0.978. The number of fused-ring (bicyclic) bond motifs is 2. The lowest BCUT2D eigenvalue weighted by atomic mass is 9.81. The van der Waals surface area contributed by atoms with Crippen molar-refractivity contribution < 1.29 is 19.3 Å². The number of amides is 1. The lowest BCUT2D eigenvalue weighted by Gasteiger charge is -2.25. The Labute approximate surface area is 149 Å². The van der Waals surface area contributed by atoms with E-state index >= 15 is 0 Å². The van der Waals surface area contributed by atoms with Crippen molar-refractivity contribution in [3.05, 3.63) is 23.8 Å². The van der Waals surface area contributed by atoms with Gasteiger partial charge in [-0.05, 0) is 40.7 Å². The van der Waals surface area contributed by atoms with Crippen LogP contribution in [0.5, 0.6) is 0 Å². The SMILES string of the molecule is O=C1[C@@H]2CN(Cc3cccc4nonc34)C[C@]2(C(=O)O)CN1CC1CC1. The van der Waals surface area contributed by atoms with Crippen LogP contribution in [0, 0.1) is 17.3 Å². The molecule has 3 heterocycles. The third-order valence-electron chi connectivity index (χ3n) is 6.06. The number of carbonyl (C=O) groups is 2. The number of carboxylic acids is 1. The Morgan fingerprint density at radius 1 is 1.31 bits per heavy atom. The van der Waals surface area contributed by atoms with Gasteiger partial charge in [-0.15, -0.1) is 0 Å². The van der Waals surface area contributed by atoms with E-state index in [4.69, 9.17) is 4.63 Å². The first-order valence-electron chi connectivity index (χ1n) is 9.01. The molecule has 26 heavy (non-hydrogen) atoms. The van der Waals surface area contributed by atoms with E-state index < -0.39 is 17.3 Å². The lowest BCUT2D eigenvalue weighted by molar-refractivity contribution is -0.149. The van der Waals surface area contributed by atoms with Crippen molar-refractivity contribution in [2.24, 2.45) is 17.3 Å². The fraction of sp³-hybridized carbons (Fsp3) is 0.556. The first kappa shape index (κ1) is 15.7. The number of nitrogens with zero attached hydrogens (tertiary/aromatic N) is 4. The summed E-state index contributed by atoms with van der Waals surface area (Å²) in [4.78, 5) is 28.8. The maximum atomic E-state index is 12.8. The van der Waals surface area contributed by atoms with Gasteiger partial charge in [-0.3, -0.25) is 14.5 Å². The molecule has 3 fully saturated rings. The summed E-state index contributed by atoms with van der Waals surface area (Å²) in [5, 5.41) is 17.7. The van der Waals surface area contributed by atoms with E-state index in [0.717, 1.165) is 18.4 Å². The fourth-order valence-electron chi connectivity index (χ4n) is 4.52. The molecule has 1 aromatic heterocycles. The number of aromatic nitrogens is 2. The predicted molar refractivity (Wildman–Crippen MR) is 89.9 cm³/mol. The number of aliphatic carboxylic acids is 1. The minimum absolute atomic E-state index is 0.00288. The highest BCUT2D eigenvalue weighted by Crippen LogP contribution is 2.45. The molecule has 2 saturated heterocycles. The monoisotopic (exact) mass is 356 g/mol. The molecule has 8 nitrogen and oxygen atoms in total. The molecule has 0 unspecified atom stereocenters. The van der Waals surface area contributed by atoms with Crippen molar-refractivity contribution in [2.75, 3.05) is 26.2 Å². The van der Waals surface area contributed by atoms with Gasteiger partial charge in [-0.25, -0.2) is 4.63 Å². The Kier molecular flexibility index (Phi) is 3.34. The molecule has 5 rings (SSSR count). The quantitative estimate of drug-likeness (QED) is 0.852. The van der Waals surface area contributed by atoms with Crippen LogP contribution in [0.1, 0.15) is 18.4 Å². The van der Waals surface area contributed by atoms with Gasteiger partial charge < -0.3 is 10.0 Å². The van der Waals surface area contributed by atoms with E-state index in [1.165, 1.54) is 0 Å². The third kappa shape index (κ3) is 2.32. The number of benzene rings is 1. The number of likely N-dealkylation sites (tertiary alicyclic amines) is 2. The summed E-state index contributed by atoms with van der Waals surface area (Å²) in [5.41, 5.74) is 1.31. The van der Waals surface area contributed by atoms with Crippen molar-refractivity contribution in [2.45, 2.75) is 19.4 Å². The fourth-order valence-corrected chi connectivity index (χ4v) is 4.52. The number of hydrogen-bond donors (Lipinski definition) is 1. The van der Waals surface area contributed by atoms with Crippen LogP contribution < -0.4 is 0 Å². The second kappa shape index (κ2) is 5.51. The summed E-state index contributed by atoms with van der Waals surface area (Å²) in [5.74, 6) is -0.758. The molecule has 1 amide bonds. The smallest absolute Gasteiger partial charge is 0.313 e. The molecule has 1 aliphatic carbocycles. The second-order valence-corrected chi connectivity index (χ2v) is 7.89. The van der Waals surface area contributed by atoms with Crippen LogP contribution in [0.3, 0.4) is 0 Å². The largest absolute Gasteiger partial charge is 0.481 e. The van der Waals surface area contributed by atoms with Crippen LogP contribution >= 0.6 is 0 Å². The summed E-state index contributed by atoms with van der Waals surface area (Å²) in [6, 6.07) is 5.65. The van der Waals surface area contributed by atoms with Gasteiger partial charge >= 0.3 is 5.97 Å². The Balaban J connectivity index is 1.39. The Morgan fingerprint density at radius 3 is 2.88 bits per heavy atom. The first-order chi connectivity index (χ1) is 12.6. The molecule has 1 saturated carbocycles. The zero-order chi connectivity index (χ0) is 17.9. The number of rotatable bonds is 5. The van der Waals surface area contributed by atoms with Gasteiger partial charge in [0.2, 0.25) is 5.91 Å². The maximum absolute atomic E-state index is 12.8. The van der Waals surface area contributed by atoms with Crippen LogP contribution in [0.4, 0.5) is 0 Å². The summed E-state index contributed by atoms with van der Waals surface area (Å²) >= 11 is 0. The lowest BCUT2D eigenvalue weighted by Crippen LogP contribution is -2.41. The minimum atomic E-state index is -0.998. The van der Waals surface area contributed by atoms with Crippen LogP contribution in [0.25, 0.3) is 11.0 Å². The average Bonchev–Trinajstić information content (AvgIpc) is 3.06. The van der Waals surface area contributed by atoms with E-state index in [1.54, 1.807) is 4.90 Å². The number of hydrogen-bond acceptors (Lipinski definition) is 6.